The van der Waals surface area contributed by atoms with Gasteiger partial charge in [-0.15, -0.1) is 0 Å². The van der Waals surface area contributed by atoms with Gasteiger partial charge in [0.15, 0.2) is 0 Å². The van der Waals surface area contributed by atoms with Gasteiger partial charge in [0, 0.05) is 6.04 Å². The SMILES string of the molecule is COc1oc(=O)n(C(C)C)c1C. The normalized spacial score (nSPS) is 10.8. The minimum Gasteiger partial charge on any atom is -0.467 e. The average molecular weight is 171 g/mol. The summed E-state index contributed by atoms with van der Waals surface area (Å²) in [5, 5.41) is 0. The number of methoxy groups -OCH3 is 1. The maximum absolute atomic E-state index is 11.2. The van der Waals surface area contributed by atoms with Crippen molar-refractivity contribution in [1.82, 2.24) is 4.57 Å². The Balaban J connectivity index is 3.28. The van der Waals surface area contributed by atoms with Gasteiger partial charge in [-0.1, -0.05) is 0 Å². The van der Waals surface area contributed by atoms with Gasteiger partial charge in [0.25, 0.3) is 0 Å². The van der Waals surface area contributed by atoms with Crippen LogP contribution in [0.25, 0.3) is 0 Å². The highest BCUT2D eigenvalue weighted by Gasteiger charge is 2.14. The molecule has 0 radical (unpaired) electrons. The van der Waals surface area contributed by atoms with E-state index in [0.717, 1.165) is 5.69 Å². The molecule has 0 aromatic carbocycles. The van der Waals surface area contributed by atoms with Gasteiger partial charge in [0.2, 0.25) is 0 Å². The van der Waals surface area contributed by atoms with Crippen LogP contribution in [0, 0.1) is 6.92 Å². The maximum Gasteiger partial charge on any atom is 0.422 e. The van der Waals surface area contributed by atoms with E-state index in [0.29, 0.717) is 5.95 Å². The molecule has 1 aromatic rings. The molecule has 12 heavy (non-hydrogen) atoms. The summed E-state index contributed by atoms with van der Waals surface area (Å²) in [5.41, 5.74) is 0.734. The van der Waals surface area contributed by atoms with E-state index in [1.165, 1.54) is 7.11 Å². The van der Waals surface area contributed by atoms with E-state index in [9.17, 15) is 4.79 Å². The fraction of sp³-hybridized carbons (Fsp3) is 0.625. The van der Waals surface area contributed by atoms with Crippen molar-refractivity contribution < 1.29 is 9.15 Å². The maximum atomic E-state index is 11.2. The van der Waals surface area contributed by atoms with E-state index in [-0.39, 0.29) is 11.8 Å². The zero-order valence-corrected chi connectivity index (χ0v) is 7.75. The van der Waals surface area contributed by atoms with Gasteiger partial charge in [-0.25, -0.2) is 4.79 Å². The number of nitrogens with zero attached hydrogens (tertiary/aromatic N) is 1. The molecule has 0 spiro atoms. The molecule has 0 aliphatic heterocycles. The Labute approximate surface area is 70.8 Å². The molecule has 68 valence electrons. The standard InChI is InChI=1S/C8H13NO3/c1-5(2)9-6(3)7(11-4)12-8(9)10/h5H,1-4H3. The van der Waals surface area contributed by atoms with Gasteiger partial charge in [-0.3, -0.25) is 4.57 Å². The third-order valence-electron chi connectivity index (χ3n) is 1.74. The molecule has 0 fully saturated rings. The first-order chi connectivity index (χ1) is 5.57. The molecule has 4 nitrogen and oxygen atoms in total. The van der Waals surface area contributed by atoms with Crippen LogP contribution in [-0.2, 0) is 0 Å². The molecule has 0 aliphatic rings. The van der Waals surface area contributed by atoms with Crippen LogP contribution in [0.15, 0.2) is 9.21 Å². The highest BCUT2D eigenvalue weighted by atomic mass is 16.6. The zero-order chi connectivity index (χ0) is 9.30. The number of hydrogen-bond acceptors (Lipinski definition) is 3. The van der Waals surface area contributed by atoms with Crippen LogP contribution in [0.2, 0.25) is 0 Å². The fourth-order valence-corrected chi connectivity index (χ4v) is 1.23. The highest BCUT2D eigenvalue weighted by molar-refractivity contribution is 5.13. The van der Waals surface area contributed by atoms with Crippen molar-refractivity contribution in [2.24, 2.45) is 0 Å². The van der Waals surface area contributed by atoms with Crippen LogP contribution in [0.5, 0.6) is 5.95 Å². The van der Waals surface area contributed by atoms with Crippen molar-refractivity contribution in [3.8, 4) is 5.95 Å². The highest BCUT2D eigenvalue weighted by Crippen LogP contribution is 2.17. The van der Waals surface area contributed by atoms with Crippen molar-refractivity contribution in [2.75, 3.05) is 7.11 Å². The van der Waals surface area contributed by atoms with E-state index >= 15 is 0 Å². The number of ether oxygens (including phenoxy) is 1. The van der Waals surface area contributed by atoms with Gasteiger partial charge in [0.05, 0.1) is 7.11 Å². The number of hydrogen-bond donors (Lipinski definition) is 0. The minimum absolute atomic E-state index is 0.102. The molecule has 0 saturated heterocycles. The smallest absolute Gasteiger partial charge is 0.422 e. The van der Waals surface area contributed by atoms with Gasteiger partial charge in [-0.05, 0) is 20.8 Å². The summed E-state index contributed by atoms with van der Waals surface area (Å²) in [7, 11) is 1.48. The van der Waals surface area contributed by atoms with Gasteiger partial charge in [0.1, 0.15) is 5.69 Å². The quantitative estimate of drug-likeness (QED) is 0.674. The first kappa shape index (κ1) is 8.90. The first-order valence-corrected chi connectivity index (χ1v) is 3.83. The van der Waals surface area contributed by atoms with E-state index in [1.807, 2.05) is 13.8 Å². The molecular formula is C8H13NO3. The lowest BCUT2D eigenvalue weighted by molar-refractivity contribution is 0.291. The third-order valence-corrected chi connectivity index (χ3v) is 1.74. The number of rotatable bonds is 2. The predicted molar refractivity (Wildman–Crippen MR) is 44.6 cm³/mol. The summed E-state index contributed by atoms with van der Waals surface area (Å²) < 4.78 is 11.3. The van der Waals surface area contributed by atoms with E-state index in [1.54, 1.807) is 11.5 Å². The van der Waals surface area contributed by atoms with Crippen LogP contribution < -0.4 is 10.5 Å². The second-order valence-corrected chi connectivity index (χ2v) is 2.91. The molecule has 0 unspecified atom stereocenters. The average Bonchev–Trinajstić information content (AvgIpc) is 2.25. The van der Waals surface area contributed by atoms with E-state index in [4.69, 9.17) is 9.15 Å². The molecule has 0 N–H and O–H groups in total. The summed E-state index contributed by atoms with van der Waals surface area (Å²) >= 11 is 0. The van der Waals surface area contributed by atoms with Crippen molar-refractivity contribution in [2.45, 2.75) is 26.8 Å². The lowest BCUT2D eigenvalue weighted by atomic mass is 10.3. The van der Waals surface area contributed by atoms with E-state index < -0.39 is 0 Å². The van der Waals surface area contributed by atoms with Gasteiger partial charge < -0.3 is 9.15 Å². The van der Waals surface area contributed by atoms with Gasteiger partial charge >= 0.3 is 11.7 Å². The van der Waals surface area contributed by atoms with Crippen LogP contribution >= 0.6 is 0 Å². The van der Waals surface area contributed by atoms with E-state index in [2.05, 4.69) is 0 Å². The summed E-state index contributed by atoms with van der Waals surface area (Å²) in [6.07, 6.45) is 0. The summed E-state index contributed by atoms with van der Waals surface area (Å²) in [5.74, 6) is -0.0620. The van der Waals surface area contributed by atoms with Crippen molar-refractivity contribution >= 4 is 0 Å². The van der Waals surface area contributed by atoms with Crippen LogP contribution in [0.3, 0.4) is 0 Å². The molecule has 0 aliphatic carbocycles. The minimum atomic E-state index is -0.362. The Morgan fingerprint density at radius 1 is 1.50 bits per heavy atom. The second kappa shape index (κ2) is 3.05. The van der Waals surface area contributed by atoms with Crippen molar-refractivity contribution in [3.63, 3.8) is 0 Å². The summed E-state index contributed by atoms with van der Waals surface area (Å²) in [6, 6.07) is 0.102. The fourth-order valence-electron chi connectivity index (χ4n) is 1.23. The van der Waals surface area contributed by atoms with Crippen molar-refractivity contribution in [1.29, 1.82) is 0 Å². The Morgan fingerprint density at radius 2 is 2.08 bits per heavy atom. The molecule has 0 bridgehead atoms. The van der Waals surface area contributed by atoms with Crippen molar-refractivity contribution in [3.05, 3.63) is 16.2 Å². The predicted octanol–water partition coefficient (Wildman–Crippen LogP) is 1.34. The summed E-state index contributed by atoms with van der Waals surface area (Å²) in [4.78, 5) is 11.2. The molecule has 1 aromatic heterocycles. The second-order valence-electron chi connectivity index (χ2n) is 2.91. The summed E-state index contributed by atoms with van der Waals surface area (Å²) in [6.45, 7) is 5.64. The lowest BCUT2D eigenvalue weighted by Crippen LogP contribution is -2.17. The topological polar surface area (TPSA) is 44.4 Å². The third kappa shape index (κ3) is 1.24. The van der Waals surface area contributed by atoms with Crippen LogP contribution in [-0.4, -0.2) is 11.7 Å². The lowest BCUT2D eigenvalue weighted by Gasteiger charge is -2.05. The Morgan fingerprint density at radius 3 is 2.33 bits per heavy atom. The van der Waals surface area contributed by atoms with Crippen LogP contribution in [0.4, 0.5) is 0 Å². The molecule has 1 rings (SSSR count). The largest absolute Gasteiger partial charge is 0.467 e. The Hall–Kier alpha value is -1.19. The van der Waals surface area contributed by atoms with Gasteiger partial charge in [-0.2, -0.15) is 0 Å². The monoisotopic (exact) mass is 171 g/mol. The molecule has 0 atom stereocenters. The number of oxazole rings is 1. The zero-order valence-electron chi connectivity index (χ0n) is 7.75. The number of aromatic nitrogens is 1. The molecule has 0 saturated carbocycles. The first-order valence-electron chi connectivity index (χ1n) is 3.83. The Kier molecular flexibility index (Phi) is 2.26. The van der Waals surface area contributed by atoms with Crippen LogP contribution in [0.1, 0.15) is 25.6 Å². The Bertz CT molecular complexity index is 322. The molecule has 1 heterocycles. The molecule has 0 amide bonds. The molecular weight excluding hydrogens is 158 g/mol. The molecule has 4 heteroatoms.